The number of hydrogen-bond donors (Lipinski definition) is 1. The van der Waals surface area contributed by atoms with Crippen molar-refractivity contribution >= 4 is 31.9 Å². The van der Waals surface area contributed by atoms with Gasteiger partial charge >= 0.3 is 0 Å². The highest BCUT2D eigenvalue weighted by atomic mass is 79.9. The first-order valence-electron chi connectivity index (χ1n) is 7.49. The van der Waals surface area contributed by atoms with Crippen molar-refractivity contribution in [1.29, 1.82) is 5.26 Å². The smallest absolute Gasteiger partial charge is 0.155 e. The minimum absolute atomic E-state index is 0.231. The van der Waals surface area contributed by atoms with E-state index >= 15 is 0 Å². The van der Waals surface area contributed by atoms with Crippen LogP contribution in [0, 0.1) is 11.3 Å². The van der Waals surface area contributed by atoms with Crippen molar-refractivity contribution in [3.63, 3.8) is 0 Å². The molecule has 0 atom stereocenters. The van der Waals surface area contributed by atoms with Crippen LogP contribution in [0.5, 0.6) is 17.2 Å². The summed E-state index contributed by atoms with van der Waals surface area (Å²) in [7, 11) is 0. The molecule has 0 unspecified atom stereocenters. The van der Waals surface area contributed by atoms with E-state index in [1.807, 2.05) is 36.4 Å². The number of hydrogen-bond acceptors (Lipinski definition) is 3. The Labute approximate surface area is 162 Å². The van der Waals surface area contributed by atoms with Crippen LogP contribution >= 0.6 is 31.9 Å². The van der Waals surface area contributed by atoms with E-state index in [1.165, 1.54) is 0 Å². The number of nitriles is 1. The zero-order valence-corrected chi connectivity index (χ0v) is 16.2. The molecule has 0 aliphatic carbocycles. The van der Waals surface area contributed by atoms with Crippen molar-refractivity contribution in [2.24, 2.45) is 0 Å². The summed E-state index contributed by atoms with van der Waals surface area (Å²) in [5.41, 5.74) is 2.42. The molecule has 0 saturated heterocycles. The third-order valence-corrected chi connectivity index (χ3v) is 4.81. The summed E-state index contributed by atoms with van der Waals surface area (Å²) in [5.74, 6) is 1.42. The average Bonchev–Trinajstić information content (AvgIpc) is 2.61. The minimum atomic E-state index is 0.231. The Morgan fingerprint density at radius 3 is 2.28 bits per heavy atom. The predicted octanol–water partition coefficient (Wildman–Crippen LogP) is 6.17. The Morgan fingerprint density at radius 1 is 0.960 bits per heavy atom. The molecular weight excluding hydrogens is 446 g/mol. The molecule has 124 valence electrons. The first kappa shape index (κ1) is 17.5. The number of phenolic OH excluding ortho intramolecular Hbond substituents is 1. The Kier molecular flexibility index (Phi) is 5.42. The third-order valence-electron chi connectivity index (χ3n) is 3.64. The lowest BCUT2D eigenvalue weighted by Crippen LogP contribution is -1.92. The van der Waals surface area contributed by atoms with Gasteiger partial charge in [-0.3, -0.25) is 0 Å². The highest BCUT2D eigenvalue weighted by Crippen LogP contribution is 2.38. The molecule has 3 aromatic carbocycles. The lowest BCUT2D eigenvalue weighted by Gasteiger charge is -2.12. The molecule has 0 radical (unpaired) electrons. The molecule has 0 fully saturated rings. The molecule has 0 bridgehead atoms. The van der Waals surface area contributed by atoms with Gasteiger partial charge in [0.05, 0.1) is 20.6 Å². The Morgan fingerprint density at radius 2 is 1.64 bits per heavy atom. The Hall–Kier alpha value is -2.29. The summed E-state index contributed by atoms with van der Waals surface area (Å²) >= 11 is 6.86. The quantitative estimate of drug-likeness (QED) is 0.508. The normalized spacial score (nSPS) is 10.3. The SMILES string of the molecule is N#Cc1cc(Br)c(Oc2ccc(O)c(Cc3ccccc3)c2)c(Br)c1. The van der Waals surface area contributed by atoms with Crippen LogP contribution in [0.3, 0.4) is 0 Å². The van der Waals surface area contributed by atoms with Crippen LogP contribution in [-0.2, 0) is 6.42 Å². The van der Waals surface area contributed by atoms with Gasteiger partial charge in [-0.2, -0.15) is 5.26 Å². The molecule has 3 rings (SSSR count). The van der Waals surface area contributed by atoms with Gasteiger partial charge in [-0.1, -0.05) is 30.3 Å². The number of aromatic hydroxyl groups is 1. The van der Waals surface area contributed by atoms with E-state index in [2.05, 4.69) is 37.9 Å². The van der Waals surface area contributed by atoms with Crippen molar-refractivity contribution in [3.05, 3.63) is 86.3 Å². The molecule has 0 spiro atoms. The molecule has 0 aliphatic heterocycles. The fourth-order valence-electron chi connectivity index (χ4n) is 2.42. The van der Waals surface area contributed by atoms with Crippen LogP contribution in [0.1, 0.15) is 16.7 Å². The first-order chi connectivity index (χ1) is 12.1. The number of nitrogens with zero attached hydrogens (tertiary/aromatic N) is 1. The summed E-state index contributed by atoms with van der Waals surface area (Å²) < 4.78 is 7.31. The van der Waals surface area contributed by atoms with Gasteiger partial charge in [0, 0.05) is 12.0 Å². The van der Waals surface area contributed by atoms with Gasteiger partial charge < -0.3 is 9.84 Å². The summed E-state index contributed by atoms with van der Waals surface area (Å²) in [5, 5.41) is 19.1. The maximum atomic E-state index is 10.1. The molecule has 5 heteroatoms. The molecule has 0 heterocycles. The van der Waals surface area contributed by atoms with Crippen molar-refractivity contribution in [2.75, 3.05) is 0 Å². The van der Waals surface area contributed by atoms with Gasteiger partial charge in [0.25, 0.3) is 0 Å². The first-order valence-corrected chi connectivity index (χ1v) is 9.08. The maximum Gasteiger partial charge on any atom is 0.155 e. The number of phenols is 1. The van der Waals surface area contributed by atoms with E-state index in [0.717, 1.165) is 11.1 Å². The molecular formula is C20H13Br2NO2. The van der Waals surface area contributed by atoms with E-state index in [1.54, 1.807) is 24.3 Å². The Balaban J connectivity index is 1.90. The van der Waals surface area contributed by atoms with Gasteiger partial charge in [-0.25, -0.2) is 0 Å². The monoisotopic (exact) mass is 457 g/mol. The molecule has 0 amide bonds. The van der Waals surface area contributed by atoms with E-state index in [0.29, 0.717) is 32.4 Å². The zero-order chi connectivity index (χ0) is 17.8. The highest BCUT2D eigenvalue weighted by molar-refractivity contribution is 9.11. The fourth-order valence-corrected chi connectivity index (χ4v) is 3.77. The average molecular weight is 459 g/mol. The number of benzene rings is 3. The molecule has 1 N–H and O–H groups in total. The largest absolute Gasteiger partial charge is 0.508 e. The maximum absolute atomic E-state index is 10.1. The second-order valence-electron chi connectivity index (χ2n) is 5.44. The van der Waals surface area contributed by atoms with Gasteiger partial charge in [0.2, 0.25) is 0 Å². The standard InChI is InChI=1S/C20H13Br2NO2/c21-17-9-14(12-23)10-18(22)20(17)25-16-6-7-19(24)15(11-16)8-13-4-2-1-3-5-13/h1-7,9-11,24H,8H2. The van der Waals surface area contributed by atoms with Crippen molar-refractivity contribution in [1.82, 2.24) is 0 Å². The molecule has 0 aliphatic rings. The fraction of sp³-hybridized carbons (Fsp3) is 0.0500. The predicted molar refractivity (Wildman–Crippen MR) is 104 cm³/mol. The lowest BCUT2D eigenvalue weighted by molar-refractivity contribution is 0.457. The summed E-state index contributed by atoms with van der Waals surface area (Å²) in [6.45, 7) is 0. The van der Waals surface area contributed by atoms with Gasteiger partial charge in [0.15, 0.2) is 5.75 Å². The van der Waals surface area contributed by atoms with Crippen LogP contribution in [0.2, 0.25) is 0 Å². The molecule has 3 nitrogen and oxygen atoms in total. The summed E-state index contributed by atoms with van der Waals surface area (Å²) in [6.07, 6.45) is 0.611. The topological polar surface area (TPSA) is 53.2 Å². The molecule has 25 heavy (non-hydrogen) atoms. The van der Waals surface area contributed by atoms with E-state index < -0.39 is 0 Å². The zero-order valence-electron chi connectivity index (χ0n) is 13.0. The lowest BCUT2D eigenvalue weighted by atomic mass is 10.0. The van der Waals surface area contributed by atoms with Crippen molar-refractivity contribution < 1.29 is 9.84 Å². The number of ether oxygens (including phenoxy) is 1. The third kappa shape index (κ3) is 4.22. The number of halogens is 2. The second kappa shape index (κ2) is 7.73. The van der Waals surface area contributed by atoms with E-state index in [-0.39, 0.29) is 5.75 Å². The second-order valence-corrected chi connectivity index (χ2v) is 7.14. The minimum Gasteiger partial charge on any atom is -0.508 e. The summed E-state index contributed by atoms with van der Waals surface area (Å²) in [4.78, 5) is 0. The van der Waals surface area contributed by atoms with Crippen LogP contribution in [0.4, 0.5) is 0 Å². The molecule has 3 aromatic rings. The van der Waals surface area contributed by atoms with Crippen LogP contribution in [0.15, 0.2) is 69.6 Å². The molecule has 0 aromatic heterocycles. The molecule has 0 saturated carbocycles. The summed E-state index contributed by atoms with van der Waals surface area (Å²) in [6, 6.07) is 20.6. The van der Waals surface area contributed by atoms with Gasteiger partial charge in [-0.05, 0) is 67.8 Å². The van der Waals surface area contributed by atoms with Crippen molar-refractivity contribution in [3.8, 4) is 23.3 Å². The highest BCUT2D eigenvalue weighted by Gasteiger charge is 2.12. The van der Waals surface area contributed by atoms with Gasteiger partial charge in [0.1, 0.15) is 11.5 Å². The van der Waals surface area contributed by atoms with Crippen molar-refractivity contribution in [2.45, 2.75) is 6.42 Å². The number of rotatable bonds is 4. The van der Waals surface area contributed by atoms with Crippen LogP contribution in [0.25, 0.3) is 0 Å². The van der Waals surface area contributed by atoms with Crippen LogP contribution < -0.4 is 4.74 Å². The Bertz CT molecular complexity index is 927. The van der Waals surface area contributed by atoms with E-state index in [4.69, 9.17) is 10.00 Å². The van der Waals surface area contributed by atoms with Gasteiger partial charge in [-0.15, -0.1) is 0 Å². The van der Waals surface area contributed by atoms with E-state index in [9.17, 15) is 5.11 Å². The van der Waals surface area contributed by atoms with Crippen LogP contribution in [-0.4, -0.2) is 5.11 Å².